The van der Waals surface area contributed by atoms with E-state index in [1.54, 1.807) is 0 Å². The molecule has 0 heterocycles. The van der Waals surface area contributed by atoms with Crippen LogP contribution in [0, 0.1) is 0 Å². The van der Waals surface area contributed by atoms with Gasteiger partial charge in [-0.2, -0.15) is 0 Å². The lowest BCUT2D eigenvalue weighted by Gasteiger charge is -2.14. The molecule has 2 aromatic rings. The Hall–Kier alpha value is -2.16. The second kappa shape index (κ2) is 6.14. The van der Waals surface area contributed by atoms with Gasteiger partial charge in [0.15, 0.2) is 0 Å². The Labute approximate surface area is 114 Å². The summed E-state index contributed by atoms with van der Waals surface area (Å²) in [5.41, 5.74) is 8.52. The Balaban J connectivity index is 2.13. The fraction of sp³-hybridized carbons (Fsp3) is 0.250. The first-order valence-corrected chi connectivity index (χ1v) is 6.57. The van der Waals surface area contributed by atoms with E-state index >= 15 is 0 Å². The lowest BCUT2D eigenvalue weighted by molar-refractivity contribution is 0.217. The number of benzene rings is 2. The molecule has 3 N–H and O–H groups in total. The zero-order valence-corrected chi connectivity index (χ0v) is 11.4. The zero-order valence-electron chi connectivity index (χ0n) is 11.4. The number of hydrogen-bond donors (Lipinski definition) is 2. The molecule has 0 saturated heterocycles. The van der Waals surface area contributed by atoms with Gasteiger partial charge >= 0.3 is 0 Å². The molecule has 100 valence electrons. The summed E-state index contributed by atoms with van der Waals surface area (Å²) in [5.74, 6) is 0.869. The Morgan fingerprint density at radius 3 is 2.68 bits per heavy atom. The molecule has 0 aromatic heterocycles. The minimum Gasteiger partial charge on any atom is -0.491 e. The van der Waals surface area contributed by atoms with E-state index in [1.807, 2.05) is 48.5 Å². The molecule has 0 bridgehead atoms. The minimum absolute atomic E-state index is 0.219. The molecule has 19 heavy (non-hydrogen) atoms. The number of anilines is 3. The number of rotatable bonds is 5. The van der Waals surface area contributed by atoms with Crippen LogP contribution in [0.2, 0.25) is 0 Å². The fourth-order valence-corrected chi connectivity index (χ4v) is 1.73. The van der Waals surface area contributed by atoms with Crippen LogP contribution >= 0.6 is 0 Å². The van der Waals surface area contributed by atoms with E-state index < -0.39 is 0 Å². The molecular formula is C16H20N2O. The summed E-state index contributed by atoms with van der Waals surface area (Å²) in [6.07, 6.45) is 1.21. The predicted molar refractivity (Wildman–Crippen MR) is 81.0 cm³/mol. The molecule has 1 unspecified atom stereocenters. The molecule has 1 atom stereocenters. The quantitative estimate of drug-likeness (QED) is 0.788. The first-order valence-electron chi connectivity index (χ1n) is 6.57. The highest BCUT2D eigenvalue weighted by Crippen LogP contribution is 2.25. The third kappa shape index (κ3) is 3.65. The van der Waals surface area contributed by atoms with E-state index in [9.17, 15) is 0 Å². The van der Waals surface area contributed by atoms with Crippen LogP contribution in [0.25, 0.3) is 0 Å². The van der Waals surface area contributed by atoms with Crippen LogP contribution in [0.5, 0.6) is 5.75 Å². The zero-order chi connectivity index (χ0) is 13.7. The summed E-state index contributed by atoms with van der Waals surface area (Å²) in [6.45, 7) is 4.17. The normalized spacial score (nSPS) is 11.9. The van der Waals surface area contributed by atoms with Crippen molar-refractivity contribution in [1.82, 2.24) is 0 Å². The van der Waals surface area contributed by atoms with E-state index in [-0.39, 0.29) is 6.10 Å². The standard InChI is InChI=1S/C16H20N2O/c1-3-12(2)19-14-8-6-7-13(11-14)18-16-10-5-4-9-15(16)17/h4-12,18H,3,17H2,1-2H3. The van der Waals surface area contributed by atoms with Crippen LogP contribution < -0.4 is 15.8 Å². The number of para-hydroxylation sites is 2. The van der Waals surface area contributed by atoms with E-state index in [4.69, 9.17) is 10.5 Å². The molecule has 3 heteroatoms. The summed E-state index contributed by atoms with van der Waals surface area (Å²) >= 11 is 0. The van der Waals surface area contributed by atoms with Crippen LogP contribution in [0.1, 0.15) is 20.3 Å². The highest BCUT2D eigenvalue weighted by atomic mass is 16.5. The lowest BCUT2D eigenvalue weighted by atomic mass is 10.2. The van der Waals surface area contributed by atoms with Crippen molar-refractivity contribution in [3.63, 3.8) is 0 Å². The van der Waals surface area contributed by atoms with Gasteiger partial charge in [-0.05, 0) is 37.6 Å². The van der Waals surface area contributed by atoms with Crippen LogP contribution in [0.3, 0.4) is 0 Å². The van der Waals surface area contributed by atoms with Gasteiger partial charge in [0.1, 0.15) is 5.75 Å². The Morgan fingerprint density at radius 2 is 1.95 bits per heavy atom. The molecular weight excluding hydrogens is 236 g/mol. The molecule has 0 radical (unpaired) electrons. The van der Waals surface area contributed by atoms with Crippen molar-refractivity contribution in [2.75, 3.05) is 11.1 Å². The van der Waals surface area contributed by atoms with Crippen LogP contribution in [-0.4, -0.2) is 6.10 Å². The van der Waals surface area contributed by atoms with E-state index in [2.05, 4.69) is 19.2 Å². The Bertz CT molecular complexity index is 540. The third-order valence-electron chi connectivity index (χ3n) is 2.99. The summed E-state index contributed by atoms with van der Waals surface area (Å²) in [5, 5.41) is 3.30. The molecule has 0 aliphatic carbocycles. The van der Waals surface area contributed by atoms with Crippen molar-refractivity contribution < 1.29 is 4.74 Å². The summed E-state index contributed by atoms with van der Waals surface area (Å²) in [4.78, 5) is 0. The van der Waals surface area contributed by atoms with E-state index in [0.717, 1.165) is 29.2 Å². The van der Waals surface area contributed by atoms with Gasteiger partial charge in [0.05, 0.1) is 17.5 Å². The number of nitrogens with one attached hydrogen (secondary N) is 1. The maximum Gasteiger partial charge on any atom is 0.121 e. The van der Waals surface area contributed by atoms with Crippen LogP contribution in [0.15, 0.2) is 48.5 Å². The highest BCUT2D eigenvalue weighted by Gasteiger charge is 2.03. The van der Waals surface area contributed by atoms with Gasteiger partial charge in [-0.15, -0.1) is 0 Å². The Morgan fingerprint density at radius 1 is 1.16 bits per heavy atom. The first-order chi connectivity index (χ1) is 9.19. The third-order valence-corrected chi connectivity index (χ3v) is 2.99. The van der Waals surface area contributed by atoms with Gasteiger partial charge in [0, 0.05) is 11.8 Å². The molecule has 0 aliphatic heterocycles. The van der Waals surface area contributed by atoms with Crippen molar-refractivity contribution in [3.05, 3.63) is 48.5 Å². The minimum atomic E-state index is 0.219. The summed E-state index contributed by atoms with van der Waals surface area (Å²) in [6, 6.07) is 15.6. The van der Waals surface area contributed by atoms with Crippen molar-refractivity contribution in [3.8, 4) is 5.75 Å². The number of nitrogens with two attached hydrogens (primary N) is 1. The van der Waals surface area contributed by atoms with E-state index in [1.165, 1.54) is 0 Å². The number of ether oxygens (including phenoxy) is 1. The molecule has 0 spiro atoms. The van der Waals surface area contributed by atoms with Crippen molar-refractivity contribution in [2.24, 2.45) is 0 Å². The topological polar surface area (TPSA) is 47.3 Å². The smallest absolute Gasteiger partial charge is 0.121 e. The van der Waals surface area contributed by atoms with Gasteiger partial charge in [-0.3, -0.25) is 0 Å². The largest absolute Gasteiger partial charge is 0.491 e. The summed E-state index contributed by atoms with van der Waals surface area (Å²) < 4.78 is 5.80. The molecule has 0 amide bonds. The highest BCUT2D eigenvalue weighted by molar-refractivity contribution is 5.72. The summed E-state index contributed by atoms with van der Waals surface area (Å²) in [7, 11) is 0. The molecule has 3 nitrogen and oxygen atoms in total. The van der Waals surface area contributed by atoms with Crippen molar-refractivity contribution in [2.45, 2.75) is 26.4 Å². The number of hydrogen-bond acceptors (Lipinski definition) is 3. The monoisotopic (exact) mass is 256 g/mol. The number of nitrogen functional groups attached to an aromatic ring is 1. The fourth-order valence-electron chi connectivity index (χ4n) is 1.73. The van der Waals surface area contributed by atoms with E-state index in [0.29, 0.717) is 0 Å². The maximum absolute atomic E-state index is 5.91. The molecule has 2 rings (SSSR count). The molecule has 0 fully saturated rings. The molecule has 0 aliphatic rings. The second-order valence-corrected chi connectivity index (χ2v) is 4.58. The van der Waals surface area contributed by atoms with Crippen LogP contribution in [0.4, 0.5) is 17.1 Å². The van der Waals surface area contributed by atoms with Crippen LogP contribution in [-0.2, 0) is 0 Å². The average Bonchev–Trinajstić information content (AvgIpc) is 2.42. The molecule has 2 aromatic carbocycles. The molecule has 0 saturated carbocycles. The van der Waals surface area contributed by atoms with Gasteiger partial charge in [-0.25, -0.2) is 0 Å². The maximum atomic E-state index is 5.91. The van der Waals surface area contributed by atoms with Gasteiger partial charge < -0.3 is 15.8 Å². The first kappa shape index (κ1) is 13.3. The van der Waals surface area contributed by atoms with Gasteiger partial charge in [0.2, 0.25) is 0 Å². The van der Waals surface area contributed by atoms with Crippen molar-refractivity contribution >= 4 is 17.1 Å². The van der Waals surface area contributed by atoms with Gasteiger partial charge in [-0.1, -0.05) is 25.1 Å². The Kier molecular flexibility index (Phi) is 4.29. The second-order valence-electron chi connectivity index (χ2n) is 4.58. The average molecular weight is 256 g/mol. The SMILES string of the molecule is CCC(C)Oc1cccc(Nc2ccccc2N)c1. The van der Waals surface area contributed by atoms with Crippen molar-refractivity contribution in [1.29, 1.82) is 0 Å². The lowest BCUT2D eigenvalue weighted by Crippen LogP contribution is -2.09. The predicted octanol–water partition coefficient (Wildman–Crippen LogP) is 4.19. The van der Waals surface area contributed by atoms with Gasteiger partial charge in [0.25, 0.3) is 0 Å².